The summed E-state index contributed by atoms with van der Waals surface area (Å²) in [4.78, 5) is 20.5. The van der Waals surface area contributed by atoms with Crippen LogP contribution in [0.25, 0.3) is 22.5 Å². The molecule has 0 fully saturated rings. The van der Waals surface area contributed by atoms with E-state index in [0.29, 0.717) is 17.3 Å². The highest BCUT2D eigenvalue weighted by Crippen LogP contribution is 2.26. The van der Waals surface area contributed by atoms with Crippen molar-refractivity contribution in [2.75, 3.05) is 11.9 Å². The molecule has 2 heterocycles. The van der Waals surface area contributed by atoms with Crippen molar-refractivity contribution in [3.8, 4) is 22.5 Å². The van der Waals surface area contributed by atoms with E-state index in [0.717, 1.165) is 22.4 Å². The molecule has 0 radical (unpaired) electrons. The molecule has 34 heavy (non-hydrogen) atoms. The number of amides is 1. The van der Waals surface area contributed by atoms with E-state index in [1.165, 1.54) is 12.1 Å². The van der Waals surface area contributed by atoms with Crippen LogP contribution in [0.2, 0.25) is 0 Å². The summed E-state index contributed by atoms with van der Waals surface area (Å²) in [5.74, 6) is 0.122. The van der Waals surface area contributed by atoms with Crippen molar-refractivity contribution < 1.29 is 18.0 Å². The summed E-state index contributed by atoms with van der Waals surface area (Å²) in [6, 6.07) is 15.9. The molecule has 0 aliphatic heterocycles. The number of nitrogens with zero attached hydrogens (tertiary/aromatic N) is 4. The van der Waals surface area contributed by atoms with Crippen molar-refractivity contribution in [3.63, 3.8) is 0 Å². The summed E-state index contributed by atoms with van der Waals surface area (Å²) in [7, 11) is 1.74. The number of hydrogen-bond donors (Lipinski definition) is 2. The number of aromatic nitrogens is 4. The summed E-state index contributed by atoms with van der Waals surface area (Å²) >= 11 is 0. The third-order valence-corrected chi connectivity index (χ3v) is 5.09. The van der Waals surface area contributed by atoms with Crippen molar-refractivity contribution in [1.29, 1.82) is 0 Å². The molecule has 0 saturated heterocycles. The Hall–Kier alpha value is -4.21. The van der Waals surface area contributed by atoms with Gasteiger partial charge in [0.15, 0.2) is 5.82 Å². The molecule has 0 saturated carbocycles. The molecule has 7 nitrogen and oxygen atoms in total. The van der Waals surface area contributed by atoms with Gasteiger partial charge in [0.1, 0.15) is 6.54 Å². The van der Waals surface area contributed by atoms with Crippen molar-refractivity contribution in [2.45, 2.75) is 13.1 Å². The zero-order chi connectivity index (χ0) is 24.3. The smallest absolute Gasteiger partial charge is 0.343 e. The van der Waals surface area contributed by atoms with Gasteiger partial charge >= 0.3 is 6.18 Å². The van der Waals surface area contributed by atoms with Crippen molar-refractivity contribution in [1.82, 2.24) is 25.1 Å². The SMILES string of the molecule is Cc1cnccc1-c1ccc(Nc2nc(-c3ccc(C(=O)NCC(F)(F)F)cc3)nn2C)cc1. The minimum absolute atomic E-state index is 0.117. The number of carbonyl (C=O) groups is 1. The van der Waals surface area contributed by atoms with Crippen LogP contribution < -0.4 is 10.6 Å². The van der Waals surface area contributed by atoms with E-state index >= 15 is 0 Å². The van der Waals surface area contributed by atoms with Crippen LogP contribution in [-0.4, -0.2) is 38.4 Å². The molecule has 0 unspecified atom stereocenters. The fraction of sp³-hybridized carbons (Fsp3) is 0.167. The first-order valence-corrected chi connectivity index (χ1v) is 10.3. The first-order valence-electron chi connectivity index (χ1n) is 10.3. The summed E-state index contributed by atoms with van der Waals surface area (Å²) in [5.41, 5.74) is 4.84. The second kappa shape index (κ2) is 9.34. The first-order chi connectivity index (χ1) is 16.2. The van der Waals surface area contributed by atoms with E-state index in [9.17, 15) is 18.0 Å². The standard InChI is InChI=1S/C24H21F3N6O/c1-15-13-28-12-11-20(15)16-7-9-19(10-8-16)30-23-31-21(32-33(23)2)17-3-5-18(6-4-17)22(34)29-14-24(25,26)27/h3-13H,14H2,1-2H3,(H,29,34)(H,30,31,32). The van der Waals surface area contributed by atoms with E-state index in [1.54, 1.807) is 30.1 Å². The lowest BCUT2D eigenvalue weighted by Gasteiger charge is -2.08. The number of carbonyl (C=O) groups excluding carboxylic acids is 1. The molecule has 0 atom stereocenters. The van der Waals surface area contributed by atoms with Gasteiger partial charge in [0.05, 0.1) is 0 Å². The van der Waals surface area contributed by atoms with Crippen LogP contribution in [-0.2, 0) is 7.05 Å². The highest BCUT2D eigenvalue weighted by molar-refractivity contribution is 5.94. The fourth-order valence-corrected chi connectivity index (χ4v) is 3.33. The van der Waals surface area contributed by atoms with Gasteiger partial charge in [0, 0.05) is 36.3 Å². The van der Waals surface area contributed by atoms with Gasteiger partial charge in [-0.25, -0.2) is 4.68 Å². The number of aryl methyl sites for hydroxylation is 2. The predicted molar refractivity (Wildman–Crippen MR) is 123 cm³/mol. The number of halogens is 3. The van der Waals surface area contributed by atoms with Gasteiger partial charge in [-0.2, -0.15) is 18.2 Å². The quantitative estimate of drug-likeness (QED) is 0.423. The van der Waals surface area contributed by atoms with E-state index in [2.05, 4.69) is 20.4 Å². The third-order valence-electron chi connectivity index (χ3n) is 5.09. The van der Waals surface area contributed by atoms with Gasteiger partial charge < -0.3 is 10.6 Å². The zero-order valence-electron chi connectivity index (χ0n) is 18.4. The molecule has 2 N–H and O–H groups in total. The van der Waals surface area contributed by atoms with E-state index in [4.69, 9.17) is 0 Å². The molecule has 2 aromatic heterocycles. The largest absolute Gasteiger partial charge is 0.405 e. The topological polar surface area (TPSA) is 84.7 Å². The maximum Gasteiger partial charge on any atom is 0.405 e. The number of rotatable bonds is 6. The number of nitrogens with one attached hydrogen (secondary N) is 2. The molecule has 4 rings (SSSR count). The molecule has 0 aliphatic rings. The normalized spacial score (nSPS) is 11.3. The average molecular weight is 466 g/mol. The summed E-state index contributed by atoms with van der Waals surface area (Å²) < 4.78 is 38.4. The lowest BCUT2D eigenvalue weighted by Crippen LogP contribution is -2.33. The highest BCUT2D eigenvalue weighted by atomic mass is 19.4. The van der Waals surface area contributed by atoms with E-state index in [1.807, 2.05) is 48.8 Å². The molecule has 2 aromatic carbocycles. The molecular formula is C24H21F3N6O. The highest BCUT2D eigenvalue weighted by Gasteiger charge is 2.27. The van der Waals surface area contributed by atoms with Gasteiger partial charge in [0.2, 0.25) is 5.95 Å². The fourth-order valence-electron chi connectivity index (χ4n) is 3.33. The summed E-state index contributed by atoms with van der Waals surface area (Å²) in [5, 5.41) is 9.45. The Morgan fingerprint density at radius 1 is 1.00 bits per heavy atom. The summed E-state index contributed by atoms with van der Waals surface area (Å²) in [6.45, 7) is 0.630. The summed E-state index contributed by atoms with van der Waals surface area (Å²) in [6.07, 6.45) is -0.879. The zero-order valence-corrected chi connectivity index (χ0v) is 18.4. The van der Waals surface area contributed by atoms with Gasteiger partial charge in [-0.05, 0) is 53.9 Å². The van der Waals surface area contributed by atoms with Crippen molar-refractivity contribution >= 4 is 17.5 Å². The minimum Gasteiger partial charge on any atom is -0.343 e. The molecule has 0 aliphatic carbocycles. The molecule has 4 aromatic rings. The number of alkyl halides is 3. The van der Waals surface area contributed by atoms with Crippen LogP contribution >= 0.6 is 0 Å². The lowest BCUT2D eigenvalue weighted by molar-refractivity contribution is -0.123. The van der Waals surface area contributed by atoms with Crippen molar-refractivity contribution in [2.24, 2.45) is 7.05 Å². The Balaban J connectivity index is 1.45. The lowest BCUT2D eigenvalue weighted by atomic mass is 10.0. The van der Waals surface area contributed by atoms with Crippen LogP contribution in [0.3, 0.4) is 0 Å². The maximum absolute atomic E-state index is 12.3. The first kappa shape index (κ1) is 23.0. The van der Waals surface area contributed by atoms with Crippen LogP contribution in [0.5, 0.6) is 0 Å². The Bertz CT molecular complexity index is 1300. The van der Waals surface area contributed by atoms with Gasteiger partial charge in [-0.1, -0.05) is 24.3 Å². The van der Waals surface area contributed by atoms with Gasteiger partial charge in [0.25, 0.3) is 5.91 Å². The van der Waals surface area contributed by atoms with E-state index < -0.39 is 18.6 Å². The Morgan fingerprint density at radius 2 is 1.68 bits per heavy atom. The Labute approximate surface area is 193 Å². The second-order valence-electron chi connectivity index (χ2n) is 7.65. The Kier molecular flexibility index (Phi) is 6.31. The molecule has 1 amide bonds. The van der Waals surface area contributed by atoms with Crippen LogP contribution in [0.4, 0.5) is 24.8 Å². The maximum atomic E-state index is 12.3. The molecule has 0 spiro atoms. The second-order valence-corrected chi connectivity index (χ2v) is 7.65. The van der Waals surface area contributed by atoms with Crippen LogP contribution in [0.15, 0.2) is 67.0 Å². The molecule has 0 bridgehead atoms. The minimum atomic E-state index is -4.46. The van der Waals surface area contributed by atoms with E-state index in [-0.39, 0.29) is 5.56 Å². The number of anilines is 2. The Morgan fingerprint density at radius 3 is 2.32 bits per heavy atom. The van der Waals surface area contributed by atoms with Crippen LogP contribution in [0.1, 0.15) is 15.9 Å². The predicted octanol–water partition coefficient (Wildman–Crippen LogP) is 4.89. The molecule has 174 valence electrons. The van der Waals surface area contributed by atoms with Crippen LogP contribution in [0, 0.1) is 6.92 Å². The molecule has 10 heteroatoms. The van der Waals surface area contributed by atoms with Crippen molar-refractivity contribution in [3.05, 3.63) is 78.1 Å². The number of hydrogen-bond acceptors (Lipinski definition) is 5. The number of benzene rings is 2. The van der Waals surface area contributed by atoms with Gasteiger partial charge in [-0.3, -0.25) is 9.78 Å². The number of pyridine rings is 1. The van der Waals surface area contributed by atoms with Gasteiger partial charge in [-0.15, -0.1) is 5.10 Å². The average Bonchev–Trinajstić information content (AvgIpc) is 3.18. The molecular weight excluding hydrogens is 445 g/mol. The monoisotopic (exact) mass is 466 g/mol. The third kappa shape index (κ3) is 5.40.